The van der Waals surface area contributed by atoms with Crippen LogP contribution in [0.1, 0.15) is 47.2 Å². The lowest BCUT2D eigenvalue weighted by Crippen LogP contribution is -2.13. The molecule has 4 aromatic rings. The summed E-state index contributed by atoms with van der Waals surface area (Å²) in [7, 11) is 0. The van der Waals surface area contributed by atoms with Gasteiger partial charge in [-0.15, -0.1) is 0 Å². The number of nitrogens with zero attached hydrogens (tertiary/aromatic N) is 3. The Morgan fingerprint density at radius 1 is 1.06 bits per heavy atom. The SMILES string of the molecule is CCCCc1nc2cc(NC(=O)c3cccc(Cl)c3)c(C)nc2n1Cc1ccccc1. The van der Waals surface area contributed by atoms with E-state index in [-0.39, 0.29) is 5.91 Å². The third-order valence-corrected chi connectivity index (χ3v) is 5.50. The van der Waals surface area contributed by atoms with Crippen molar-refractivity contribution in [2.45, 2.75) is 39.7 Å². The molecule has 0 unspecified atom stereocenters. The van der Waals surface area contributed by atoms with Crippen LogP contribution in [-0.4, -0.2) is 20.4 Å². The van der Waals surface area contributed by atoms with E-state index in [0.717, 1.165) is 48.5 Å². The van der Waals surface area contributed by atoms with E-state index in [1.165, 1.54) is 5.56 Å². The van der Waals surface area contributed by atoms with Crippen LogP contribution < -0.4 is 5.32 Å². The molecule has 0 aliphatic rings. The number of anilines is 1. The zero-order valence-electron chi connectivity index (χ0n) is 17.7. The summed E-state index contributed by atoms with van der Waals surface area (Å²) in [5.41, 5.74) is 4.74. The largest absolute Gasteiger partial charge is 0.320 e. The van der Waals surface area contributed by atoms with Gasteiger partial charge in [-0.3, -0.25) is 4.79 Å². The van der Waals surface area contributed by atoms with Gasteiger partial charge in [-0.25, -0.2) is 9.97 Å². The molecule has 2 aromatic carbocycles. The van der Waals surface area contributed by atoms with Crippen molar-refractivity contribution in [1.82, 2.24) is 14.5 Å². The fourth-order valence-electron chi connectivity index (χ4n) is 3.59. The Labute approximate surface area is 187 Å². The van der Waals surface area contributed by atoms with E-state index in [0.29, 0.717) is 16.3 Å². The molecule has 0 radical (unpaired) electrons. The van der Waals surface area contributed by atoms with Crippen molar-refractivity contribution in [3.8, 4) is 0 Å². The van der Waals surface area contributed by atoms with Gasteiger partial charge in [0, 0.05) is 17.0 Å². The van der Waals surface area contributed by atoms with Crippen LogP contribution in [-0.2, 0) is 13.0 Å². The van der Waals surface area contributed by atoms with Crippen molar-refractivity contribution < 1.29 is 4.79 Å². The molecule has 31 heavy (non-hydrogen) atoms. The van der Waals surface area contributed by atoms with Crippen LogP contribution in [0.25, 0.3) is 11.2 Å². The van der Waals surface area contributed by atoms with Crippen LogP contribution in [0.15, 0.2) is 60.7 Å². The Kier molecular flexibility index (Phi) is 6.33. The van der Waals surface area contributed by atoms with Crippen molar-refractivity contribution in [3.63, 3.8) is 0 Å². The zero-order valence-corrected chi connectivity index (χ0v) is 18.5. The minimum atomic E-state index is -0.221. The van der Waals surface area contributed by atoms with Gasteiger partial charge in [-0.2, -0.15) is 0 Å². The van der Waals surface area contributed by atoms with E-state index in [2.05, 4.69) is 28.9 Å². The first-order valence-electron chi connectivity index (χ1n) is 10.5. The lowest BCUT2D eigenvalue weighted by molar-refractivity contribution is 0.102. The zero-order chi connectivity index (χ0) is 21.8. The highest BCUT2D eigenvalue weighted by atomic mass is 35.5. The topological polar surface area (TPSA) is 59.8 Å². The maximum atomic E-state index is 12.7. The summed E-state index contributed by atoms with van der Waals surface area (Å²) >= 11 is 6.02. The van der Waals surface area contributed by atoms with Gasteiger partial charge in [-0.05, 0) is 43.2 Å². The number of benzene rings is 2. The Hall–Kier alpha value is -3.18. The number of hydrogen-bond donors (Lipinski definition) is 1. The third-order valence-electron chi connectivity index (χ3n) is 5.26. The fraction of sp³-hybridized carbons (Fsp3) is 0.240. The second-order valence-electron chi connectivity index (χ2n) is 7.63. The maximum absolute atomic E-state index is 12.7. The highest BCUT2D eigenvalue weighted by molar-refractivity contribution is 6.31. The molecule has 1 amide bonds. The molecule has 0 aliphatic carbocycles. The number of fused-ring (bicyclic) bond motifs is 1. The van der Waals surface area contributed by atoms with E-state index in [4.69, 9.17) is 21.6 Å². The molecular formula is C25H25ClN4O. The number of amides is 1. The molecule has 2 aromatic heterocycles. The number of hydrogen-bond acceptors (Lipinski definition) is 3. The lowest BCUT2D eigenvalue weighted by atomic mass is 10.2. The summed E-state index contributed by atoms with van der Waals surface area (Å²) in [6, 6.07) is 19.1. The van der Waals surface area contributed by atoms with Crippen molar-refractivity contribution in [3.05, 3.63) is 88.3 Å². The van der Waals surface area contributed by atoms with Crippen LogP contribution in [0.5, 0.6) is 0 Å². The first-order chi connectivity index (χ1) is 15.0. The standard InChI is InChI=1S/C25H25ClN4O/c1-3-4-13-23-28-22-15-21(29-25(31)19-11-8-12-20(26)14-19)17(2)27-24(22)30(23)16-18-9-6-5-7-10-18/h5-12,14-15H,3-4,13,16H2,1-2H3,(H,29,31). The molecule has 1 N–H and O–H groups in total. The maximum Gasteiger partial charge on any atom is 0.255 e. The second-order valence-corrected chi connectivity index (χ2v) is 8.07. The summed E-state index contributed by atoms with van der Waals surface area (Å²) in [5.74, 6) is 0.799. The smallest absolute Gasteiger partial charge is 0.255 e. The lowest BCUT2D eigenvalue weighted by Gasteiger charge is -2.11. The third kappa shape index (κ3) is 4.78. The molecule has 5 nitrogen and oxygen atoms in total. The number of aryl methyl sites for hydroxylation is 2. The van der Waals surface area contributed by atoms with Gasteiger partial charge in [0.2, 0.25) is 0 Å². The Morgan fingerprint density at radius 2 is 1.87 bits per heavy atom. The van der Waals surface area contributed by atoms with E-state index >= 15 is 0 Å². The predicted molar refractivity (Wildman–Crippen MR) is 126 cm³/mol. The van der Waals surface area contributed by atoms with Gasteiger partial charge in [0.1, 0.15) is 11.3 Å². The molecule has 0 saturated carbocycles. The molecule has 0 bridgehead atoms. The van der Waals surface area contributed by atoms with Gasteiger partial charge in [0.15, 0.2) is 5.65 Å². The number of carbonyl (C=O) groups is 1. The van der Waals surface area contributed by atoms with E-state index in [1.807, 2.05) is 31.2 Å². The average Bonchev–Trinajstić information content (AvgIpc) is 3.09. The van der Waals surface area contributed by atoms with Gasteiger partial charge in [-0.1, -0.05) is 61.3 Å². The number of nitrogens with one attached hydrogen (secondary N) is 1. The molecule has 6 heteroatoms. The molecule has 0 aliphatic heterocycles. The Bertz CT molecular complexity index is 1220. The summed E-state index contributed by atoms with van der Waals surface area (Å²) in [6.07, 6.45) is 3.06. The van der Waals surface area contributed by atoms with Crippen molar-refractivity contribution in [2.24, 2.45) is 0 Å². The molecule has 0 spiro atoms. The Balaban J connectivity index is 1.70. The second kappa shape index (κ2) is 9.31. The van der Waals surface area contributed by atoms with Crippen LogP contribution in [0.2, 0.25) is 5.02 Å². The van der Waals surface area contributed by atoms with Crippen LogP contribution in [0.4, 0.5) is 5.69 Å². The molecule has 158 valence electrons. The molecule has 0 saturated heterocycles. The normalized spacial score (nSPS) is 11.1. The van der Waals surface area contributed by atoms with E-state index in [1.54, 1.807) is 24.3 Å². The quantitative estimate of drug-likeness (QED) is 0.387. The summed E-state index contributed by atoms with van der Waals surface area (Å²) in [5, 5.41) is 3.48. The summed E-state index contributed by atoms with van der Waals surface area (Å²) in [4.78, 5) is 22.4. The summed E-state index contributed by atoms with van der Waals surface area (Å²) < 4.78 is 2.19. The molecule has 0 fully saturated rings. The monoisotopic (exact) mass is 432 g/mol. The van der Waals surface area contributed by atoms with Gasteiger partial charge in [0.05, 0.1) is 17.9 Å². The van der Waals surface area contributed by atoms with E-state index in [9.17, 15) is 4.79 Å². The van der Waals surface area contributed by atoms with E-state index < -0.39 is 0 Å². The first-order valence-corrected chi connectivity index (χ1v) is 10.9. The predicted octanol–water partition coefficient (Wildman–Crippen LogP) is 6.04. The number of imidazole rings is 1. The van der Waals surface area contributed by atoms with Gasteiger partial charge >= 0.3 is 0 Å². The number of unbranched alkanes of at least 4 members (excludes halogenated alkanes) is 1. The molecular weight excluding hydrogens is 408 g/mol. The van der Waals surface area contributed by atoms with Crippen LogP contribution >= 0.6 is 11.6 Å². The van der Waals surface area contributed by atoms with Gasteiger partial charge in [0.25, 0.3) is 5.91 Å². The number of pyridine rings is 1. The molecule has 4 rings (SSSR count). The molecule has 0 atom stereocenters. The Morgan fingerprint density at radius 3 is 2.61 bits per heavy atom. The van der Waals surface area contributed by atoms with Crippen molar-refractivity contribution >= 4 is 34.4 Å². The van der Waals surface area contributed by atoms with Gasteiger partial charge < -0.3 is 9.88 Å². The minimum Gasteiger partial charge on any atom is -0.320 e. The fourth-order valence-corrected chi connectivity index (χ4v) is 3.78. The summed E-state index contributed by atoms with van der Waals surface area (Å²) in [6.45, 7) is 4.80. The molecule has 2 heterocycles. The number of carbonyl (C=O) groups excluding carboxylic acids is 1. The first kappa shape index (κ1) is 21.1. The highest BCUT2D eigenvalue weighted by Crippen LogP contribution is 2.24. The van der Waals surface area contributed by atoms with Crippen LogP contribution in [0, 0.1) is 6.92 Å². The minimum absolute atomic E-state index is 0.221. The van der Waals surface area contributed by atoms with Crippen LogP contribution in [0.3, 0.4) is 0 Å². The van der Waals surface area contributed by atoms with Crippen molar-refractivity contribution in [2.75, 3.05) is 5.32 Å². The average molecular weight is 433 g/mol. The highest BCUT2D eigenvalue weighted by Gasteiger charge is 2.16. The number of aromatic nitrogens is 3. The van der Waals surface area contributed by atoms with Crippen molar-refractivity contribution in [1.29, 1.82) is 0 Å². The number of rotatable bonds is 7. The number of halogens is 1.